The van der Waals surface area contributed by atoms with Crippen molar-refractivity contribution < 1.29 is 0 Å². The van der Waals surface area contributed by atoms with Crippen LogP contribution in [0.5, 0.6) is 0 Å². The lowest BCUT2D eigenvalue weighted by Crippen LogP contribution is -2.19. The average molecular weight is 266 g/mol. The molecule has 0 bridgehead atoms. The second-order valence-corrected chi connectivity index (χ2v) is 4.63. The van der Waals surface area contributed by atoms with Gasteiger partial charge in [0.15, 0.2) is 0 Å². The Kier molecular flexibility index (Phi) is 2.95. The van der Waals surface area contributed by atoms with E-state index < -0.39 is 0 Å². The Bertz CT molecular complexity index is 808. The second-order valence-electron chi connectivity index (χ2n) is 4.63. The van der Waals surface area contributed by atoms with E-state index in [0.717, 1.165) is 11.4 Å². The third-order valence-corrected chi connectivity index (χ3v) is 3.14. The van der Waals surface area contributed by atoms with Gasteiger partial charge in [-0.3, -0.25) is 9.20 Å². The molecule has 0 amide bonds. The van der Waals surface area contributed by atoms with Crippen molar-refractivity contribution in [1.82, 2.24) is 14.4 Å². The van der Waals surface area contributed by atoms with Crippen LogP contribution >= 0.6 is 0 Å². The number of pyridine rings is 2. The first-order valence-electron chi connectivity index (χ1n) is 6.30. The van der Waals surface area contributed by atoms with Crippen LogP contribution in [0, 0.1) is 6.92 Å². The van der Waals surface area contributed by atoms with Gasteiger partial charge in [-0.25, -0.2) is 9.97 Å². The van der Waals surface area contributed by atoms with Gasteiger partial charge < -0.3 is 4.90 Å². The summed E-state index contributed by atoms with van der Waals surface area (Å²) < 4.78 is 1.51. The van der Waals surface area contributed by atoms with E-state index in [1.54, 1.807) is 29.4 Å². The highest BCUT2D eigenvalue weighted by atomic mass is 16.1. The van der Waals surface area contributed by atoms with Crippen LogP contribution in [0.1, 0.15) is 5.56 Å². The molecule has 3 heterocycles. The Hall–Kier alpha value is -2.69. The second kappa shape index (κ2) is 4.77. The van der Waals surface area contributed by atoms with Crippen molar-refractivity contribution in [2.24, 2.45) is 0 Å². The summed E-state index contributed by atoms with van der Waals surface area (Å²) in [6.07, 6.45) is 3.50. The van der Waals surface area contributed by atoms with Crippen molar-refractivity contribution >= 4 is 17.3 Å². The van der Waals surface area contributed by atoms with Gasteiger partial charge in [0.2, 0.25) is 0 Å². The molecule has 0 aromatic carbocycles. The highest BCUT2D eigenvalue weighted by Crippen LogP contribution is 2.18. The number of nitrogens with zero attached hydrogens (tertiary/aromatic N) is 4. The first-order chi connectivity index (χ1) is 9.65. The zero-order valence-corrected chi connectivity index (χ0v) is 11.3. The third-order valence-electron chi connectivity index (χ3n) is 3.14. The van der Waals surface area contributed by atoms with Gasteiger partial charge in [0.1, 0.15) is 17.3 Å². The summed E-state index contributed by atoms with van der Waals surface area (Å²) in [6, 6.07) is 10.9. The topological polar surface area (TPSA) is 50.5 Å². The lowest BCUT2D eigenvalue weighted by molar-refractivity contribution is 1.00. The summed E-state index contributed by atoms with van der Waals surface area (Å²) >= 11 is 0. The highest BCUT2D eigenvalue weighted by Gasteiger charge is 2.09. The number of hydrogen-bond acceptors (Lipinski definition) is 4. The summed E-state index contributed by atoms with van der Waals surface area (Å²) in [6.45, 7) is 1.98. The van der Waals surface area contributed by atoms with E-state index in [0.29, 0.717) is 11.5 Å². The monoisotopic (exact) mass is 266 g/mol. The molecule has 3 rings (SSSR count). The van der Waals surface area contributed by atoms with Crippen LogP contribution in [0.2, 0.25) is 0 Å². The molecule has 0 aliphatic heterocycles. The van der Waals surface area contributed by atoms with Crippen LogP contribution in [-0.2, 0) is 0 Å². The molecule has 3 aromatic rings. The Morgan fingerprint density at radius 2 is 2.00 bits per heavy atom. The standard InChI is InChI=1S/C15H14N4O/c1-11-6-7-12(16-10-11)18(2)14-9-15(20)19-8-4-3-5-13(19)17-14/h3-10H,1-2H3. The first kappa shape index (κ1) is 12.3. The van der Waals surface area contributed by atoms with Gasteiger partial charge in [-0.2, -0.15) is 0 Å². The summed E-state index contributed by atoms with van der Waals surface area (Å²) in [5.74, 6) is 1.33. The summed E-state index contributed by atoms with van der Waals surface area (Å²) in [5, 5.41) is 0. The van der Waals surface area contributed by atoms with Crippen molar-refractivity contribution in [2.75, 3.05) is 11.9 Å². The molecule has 100 valence electrons. The molecule has 0 aliphatic rings. The molecule has 0 N–H and O–H groups in total. The molecule has 0 atom stereocenters. The van der Waals surface area contributed by atoms with Gasteiger partial charge in [0.05, 0.1) is 0 Å². The van der Waals surface area contributed by atoms with E-state index in [9.17, 15) is 4.79 Å². The fourth-order valence-corrected chi connectivity index (χ4v) is 1.99. The summed E-state index contributed by atoms with van der Waals surface area (Å²) in [5.41, 5.74) is 1.60. The largest absolute Gasteiger partial charge is 0.314 e. The van der Waals surface area contributed by atoms with Gasteiger partial charge >= 0.3 is 0 Å². The van der Waals surface area contributed by atoms with Crippen molar-refractivity contribution in [3.63, 3.8) is 0 Å². The molecule has 20 heavy (non-hydrogen) atoms. The molecule has 5 nitrogen and oxygen atoms in total. The molecule has 5 heteroatoms. The van der Waals surface area contributed by atoms with Gasteiger partial charge in [0.25, 0.3) is 5.56 Å². The lowest BCUT2D eigenvalue weighted by atomic mass is 10.3. The third kappa shape index (κ3) is 2.14. The molecule has 0 fully saturated rings. The van der Waals surface area contributed by atoms with Crippen molar-refractivity contribution in [2.45, 2.75) is 6.92 Å². The minimum Gasteiger partial charge on any atom is -0.314 e. The molecule has 3 aromatic heterocycles. The van der Waals surface area contributed by atoms with Crippen LogP contribution < -0.4 is 10.5 Å². The molecular formula is C15H14N4O. The molecule has 0 spiro atoms. The average Bonchev–Trinajstić information content (AvgIpc) is 2.47. The number of aromatic nitrogens is 3. The molecule has 0 saturated heterocycles. The zero-order valence-electron chi connectivity index (χ0n) is 11.3. The number of fused-ring (bicyclic) bond motifs is 1. The predicted molar refractivity (Wildman–Crippen MR) is 78.5 cm³/mol. The maximum atomic E-state index is 12.1. The van der Waals surface area contributed by atoms with Crippen LogP contribution in [-0.4, -0.2) is 21.4 Å². The van der Waals surface area contributed by atoms with Gasteiger partial charge in [-0.1, -0.05) is 12.1 Å². The number of hydrogen-bond donors (Lipinski definition) is 0. The van der Waals surface area contributed by atoms with E-state index >= 15 is 0 Å². The molecule has 0 unspecified atom stereocenters. The van der Waals surface area contributed by atoms with Crippen LogP contribution in [0.15, 0.2) is 53.6 Å². The normalized spacial score (nSPS) is 10.7. The Morgan fingerprint density at radius 3 is 2.75 bits per heavy atom. The first-order valence-corrected chi connectivity index (χ1v) is 6.30. The SMILES string of the molecule is Cc1ccc(N(C)c2cc(=O)n3ccccc3n2)nc1. The van der Waals surface area contributed by atoms with Crippen LogP contribution in [0.25, 0.3) is 5.65 Å². The van der Waals surface area contributed by atoms with Gasteiger partial charge in [-0.15, -0.1) is 0 Å². The number of rotatable bonds is 2. The summed E-state index contributed by atoms with van der Waals surface area (Å²) in [4.78, 5) is 22.7. The van der Waals surface area contributed by atoms with Gasteiger partial charge in [-0.05, 0) is 30.7 Å². The Balaban J connectivity index is 2.10. The van der Waals surface area contributed by atoms with E-state index in [1.165, 1.54) is 10.5 Å². The van der Waals surface area contributed by atoms with Crippen molar-refractivity contribution in [3.8, 4) is 0 Å². The quantitative estimate of drug-likeness (QED) is 0.713. The van der Waals surface area contributed by atoms with Crippen molar-refractivity contribution in [3.05, 3.63) is 64.7 Å². The molecule has 0 saturated carbocycles. The fraction of sp³-hybridized carbons (Fsp3) is 0.133. The summed E-state index contributed by atoms with van der Waals surface area (Å²) in [7, 11) is 1.85. The molecule has 0 aliphatic carbocycles. The smallest absolute Gasteiger partial charge is 0.259 e. The van der Waals surface area contributed by atoms with Crippen LogP contribution in [0.4, 0.5) is 11.6 Å². The van der Waals surface area contributed by atoms with E-state index in [2.05, 4.69) is 9.97 Å². The maximum Gasteiger partial charge on any atom is 0.259 e. The lowest BCUT2D eigenvalue weighted by Gasteiger charge is -2.17. The van der Waals surface area contributed by atoms with Crippen molar-refractivity contribution in [1.29, 1.82) is 0 Å². The highest BCUT2D eigenvalue weighted by molar-refractivity contribution is 5.57. The maximum absolute atomic E-state index is 12.1. The van der Waals surface area contributed by atoms with E-state index in [4.69, 9.17) is 0 Å². The minimum atomic E-state index is -0.107. The number of aryl methyl sites for hydroxylation is 1. The Labute approximate surface area is 116 Å². The van der Waals surface area contributed by atoms with Crippen LogP contribution in [0.3, 0.4) is 0 Å². The van der Waals surface area contributed by atoms with Gasteiger partial charge in [0, 0.05) is 25.5 Å². The van der Waals surface area contributed by atoms with E-state index in [-0.39, 0.29) is 5.56 Å². The Morgan fingerprint density at radius 1 is 1.15 bits per heavy atom. The predicted octanol–water partition coefficient (Wildman–Crippen LogP) is 2.17. The molecule has 0 radical (unpaired) electrons. The fourth-order valence-electron chi connectivity index (χ4n) is 1.99. The van der Waals surface area contributed by atoms with E-state index in [1.807, 2.05) is 32.2 Å². The zero-order chi connectivity index (χ0) is 14.1. The number of anilines is 2. The minimum absolute atomic E-state index is 0.107. The molecular weight excluding hydrogens is 252 g/mol.